The molecule has 0 aliphatic carbocycles. The number of ketones is 1. The first-order valence-corrected chi connectivity index (χ1v) is 14.8. The van der Waals surface area contributed by atoms with Crippen LogP contribution in [0.2, 0.25) is 5.02 Å². The lowest BCUT2D eigenvalue weighted by molar-refractivity contribution is -0.116. The van der Waals surface area contributed by atoms with Crippen molar-refractivity contribution in [1.82, 2.24) is 0 Å². The van der Waals surface area contributed by atoms with Crippen LogP contribution in [0.5, 0.6) is 5.75 Å². The molecule has 0 aliphatic heterocycles. The molecule has 2 N–H and O–H groups in total. The van der Waals surface area contributed by atoms with E-state index >= 15 is 0 Å². The lowest BCUT2D eigenvalue weighted by Crippen LogP contribution is -2.17. The highest BCUT2D eigenvalue weighted by Gasteiger charge is 2.18. The molecule has 0 saturated heterocycles. The molecule has 0 aromatic heterocycles. The molecule has 6 nitrogen and oxygen atoms in total. The molecule has 0 bridgehead atoms. The summed E-state index contributed by atoms with van der Waals surface area (Å²) in [6.07, 6.45) is 2.37. The number of carbonyl (C=O) groups is 3. The van der Waals surface area contributed by atoms with Gasteiger partial charge in [0.2, 0.25) is 11.8 Å². The first-order valence-electron chi connectivity index (χ1n) is 14.4. The Labute approximate surface area is 255 Å². The van der Waals surface area contributed by atoms with Crippen molar-refractivity contribution >= 4 is 40.6 Å². The van der Waals surface area contributed by atoms with E-state index in [1.807, 2.05) is 0 Å². The Kier molecular flexibility index (Phi) is 11.3. The van der Waals surface area contributed by atoms with E-state index in [0.717, 1.165) is 18.6 Å². The van der Waals surface area contributed by atoms with Gasteiger partial charge in [0.05, 0.1) is 23.7 Å². The van der Waals surface area contributed by atoms with Gasteiger partial charge in [-0.1, -0.05) is 89.5 Å². The van der Waals surface area contributed by atoms with Crippen LogP contribution in [0.25, 0.3) is 0 Å². The monoisotopic (exact) mass is 590 g/mol. The molecule has 0 spiro atoms. The van der Waals surface area contributed by atoms with E-state index in [-0.39, 0.29) is 35.4 Å². The molecule has 0 atom stereocenters. The molecule has 42 heavy (non-hydrogen) atoms. The minimum atomic E-state index is -0.461. The van der Waals surface area contributed by atoms with Crippen molar-refractivity contribution in [3.63, 3.8) is 0 Å². The van der Waals surface area contributed by atoms with Gasteiger partial charge in [-0.05, 0) is 71.6 Å². The van der Waals surface area contributed by atoms with E-state index in [4.69, 9.17) is 16.3 Å². The molecule has 0 fully saturated rings. The lowest BCUT2D eigenvalue weighted by atomic mass is 9.84. The largest absolute Gasteiger partial charge is 0.493 e. The van der Waals surface area contributed by atoms with E-state index in [1.54, 1.807) is 48.5 Å². The van der Waals surface area contributed by atoms with E-state index in [1.165, 1.54) is 11.1 Å². The van der Waals surface area contributed by atoms with Gasteiger partial charge in [-0.3, -0.25) is 14.4 Å². The molecule has 2 amide bonds. The molecule has 3 aromatic rings. The van der Waals surface area contributed by atoms with Crippen LogP contribution in [-0.2, 0) is 22.4 Å². The molecular weight excluding hydrogens is 548 g/mol. The highest BCUT2D eigenvalue weighted by Crippen LogP contribution is 2.31. The summed E-state index contributed by atoms with van der Waals surface area (Å²) < 4.78 is 6.14. The highest BCUT2D eigenvalue weighted by atomic mass is 35.5. The Morgan fingerprint density at radius 1 is 0.786 bits per heavy atom. The normalized spacial score (nSPS) is 11.6. The fraction of sp³-hybridized carbons (Fsp3) is 0.400. The molecule has 0 radical (unpaired) electrons. The standard InChI is InChI=1S/C35H43ClN2O4/c1-34(2,3)22-24-16-17-31(26(19-24)23-35(4,5)6)42-18-10-15-32(40)37-27-12-9-11-25(20-27)30(39)21-33(41)38-29-14-8-7-13-28(29)36/h7-9,11-14,16-17,19-20H,10,15,18,21-23H2,1-6H3,(H,37,40)(H,38,41). The van der Waals surface area contributed by atoms with Gasteiger partial charge in [-0.15, -0.1) is 0 Å². The number of nitrogens with one attached hydrogen (secondary N) is 2. The smallest absolute Gasteiger partial charge is 0.232 e. The van der Waals surface area contributed by atoms with Crippen molar-refractivity contribution in [3.8, 4) is 5.75 Å². The first-order chi connectivity index (χ1) is 19.7. The summed E-state index contributed by atoms with van der Waals surface area (Å²) in [5.74, 6) is -0.122. The number of carbonyl (C=O) groups excluding carboxylic acids is 3. The highest BCUT2D eigenvalue weighted by molar-refractivity contribution is 6.33. The summed E-state index contributed by atoms with van der Waals surface area (Å²) in [5, 5.41) is 5.89. The fourth-order valence-corrected chi connectivity index (χ4v) is 4.80. The van der Waals surface area contributed by atoms with Crippen LogP contribution in [0.3, 0.4) is 0 Å². The lowest BCUT2D eigenvalue weighted by Gasteiger charge is -2.23. The average Bonchev–Trinajstić information content (AvgIpc) is 2.87. The van der Waals surface area contributed by atoms with Crippen LogP contribution in [0.15, 0.2) is 66.7 Å². The summed E-state index contributed by atoms with van der Waals surface area (Å²) in [6, 6.07) is 19.9. The van der Waals surface area contributed by atoms with Gasteiger partial charge >= 0.3 is 0 Å². The van der Waals surface area contributed by atoms with Crippen molar-refractivity contribution in [2.45, 2.75) is 73.6 Å². The SMILES string of the molecule is CC(C)(C)Cc1ccc(OCCCC(=O)Nc2cccc(C(=O)CC(=O)Nc3ccccc3Cl)c2)c(CC(C)(C)C)c1. The molecule has 0 saturated carbocycles. The molecule has 3 aromatic carbocycles. The average molecular weight is 591 g/mol. The summed E-state index contributed by atoms with van der Waals surface area (Å²) in [5.41, 5.74) is 4.10. The number of halogens is 1. The predicted molar refractivity (Wildman–Crippen MR) is 172 cm³/mol. The minimum Gasteiger partial charge on any atom is -0.493 e. The topological polar surface area (TPSA) is 84.5 Å². The molecule has 0 unspecified atom stereocenters. The Morgan fingerprint density at radius 3 is 2.19 bits per heavy atom. The number of rotatable bonds is 12. The van der Waals surface area contributed by atoms with Crippen LogP contribution >= 0.6 is 11.6 Å². The van der Waals surface area contributed by atoms with Crippen LogP contribution in [-0.4, -0.2) is 24.2 Å². The quantitative estimate of drug-likeness (QED) is 0.126. The Balaban J connectivity index is 1.51. The van der Waals surface area contributed by atoms with Crippen molar-refractivity contribution < 1.29 is 19.1 Å². The van der Waals surface area contributed by atoms with Crippen molar-refractivity contribution in [3.05, 3.63) is 88.4 Å². The second-order valence-corrected chi connectivity index (χ2v) is 13.5. The third-order valence-electron chi connectivity index (χ3n) is 6.32. The maximum absolute atomic E-state index is 12.7. The van der Waals surface area contributed by atoms with Gasteiger partial charge in [0, 0.05) is 17.7 Å². The number of hydrogen-bond donors (Lipinski definition) is 2. The van der Waals surface area contributed by atoms with Crippen LogP contribution in [0.4, 0.5) is 11.4 Å². The fourth-order valence-electron chi connectivity index (χ4n) is 4.62. The number of anilines is 2. The molecule has 224 valence electrons. The molecule has 3 rings (SSSR count). The Bertz CT molecular complexity index is 1400. The van der Waals surface area contributed by atoms with E-state index in [0.29, 0.717) is 35.0 Å². The second-order valence-electron chi connectivity index (χ2n) is 13.1. The molecular formula is C35H43ClN2O4. The zero-order valence-electron chi connectivity index (χ0n) is 25.6. The van der Waals surface area contributed by atoms with Crippen molar-refractivity contribution in [2.24, 2.45) is 10.8 Å². The van der Waals surface area contributed by atoms with Crippen LogP contribution < -0.4 is 15.4 Å². The third-order valence-corrected chi connectivity index (χ3v) is 6.65. The van der Waals surface area contributed by atoms with Crippen LogP contribution in [0, 0.1) is 10.8 Å². The zero-order valence-corrected chi connectivity index (χ0v) is 26.4. The zero-order chi connectivity index (χ0) is 30.9. The number of amides is 2. The second kappa shape index (κ2) is 14.5. The van der Waals surface area contributed by atoms with Gasteiger partial charge in [-0.2, -0.15) is 0 Å². The Hall–Kier alpha value is -3.64. The van der Waals surface area contributed by atoms with E-state index in [9.17, 15) is 14.4 Å². The maximum atomic E-state index is 12.7. The molecule has 0 aliphatic rings. The maximum Gasteiger partial charge on any atom is 0.232 e. The van der Waals surface area contributed by atoms with Gasteiger partial charge in [0.15, 0.2) is 5.78 Å². The number of Topliss-reactive ketones (excluding diaryl/α,β-unsaturated/α-hetero) is 1. The van der Waals surface area contributed by atoms with Gasteiger partial charge in [0.25, 0.3) is 0 Å². The van der Waals surface area contributed by atoms with Gasteiger partial charge < -0.3 is 15.4 Å². The number of para-hydroxylation sites is 1. The van der Waals surface area contributed by atoms with Crippen molar-refractivity contribution in [2.75, 3.05) is 17.2 Å². The van der Waals surface area contributed by atoms with E-state index in [2.05, 4.69) is 70.4 Å². The summed E-state index contributed by atoms with van der Waals surface area (Å²) in [7, 11) is 0. The van der Waals surface area contributed by atoms with Gasteiger partial charge in [0.1, 0.15) is 5.75 Å². The summed E-state index contributed by atoms with van der Waals surface area (Å²) >= 11 is 6.07. The number of hydrogen-bond acceptors (Lipinski definition) is 4. The number of ether oxygens (including phenoxy) is 1. The predicted octanol–water partition coefficient (Wildman–Crippen LogP) is 8.53. The summed E-state index contributed by atoms with van der Waals surface area (Å²) in [6.45, 7) is 13.8. The first kappa shape index (κ1) is 32.9. The summed E-state index contributed by atoms with van der Waals surface area (Å²) in [4.78, 5) is 37.7. The molecule has 7 heteroatoms. The third kappa shape index (κ3) is 11.3. The van der Waals surface area contributed by atoms with Gasteiger partial charge in [-0.25, -0.2) is 0 Å². The van der Waals surface area contributed by atoms with E-state index < -0.39 is 5.91 Å². The van der Waals surface area contributed by atoms with Crippen molar-refractivity contribution in [1.29, 1.82) is 0 Å². The molecule has 0 heterocycles. The van der Waals surface area contributed by atoms with Crippen LogP contribution in [0.1, 0.15) is 82.3 Å². The minimum absolute atomic E-state index is 0.119. The number of benzene rings is 3. The Morgan fingerprint density at radius 2 is 1.50 bits per heavy atom.